The van der Waals surface area contributed by atoms with Crippen molar-refractivity contribution in [2.45, 2.75) is 25.4 Å². The van der Waals surface area contributed by atoms with E-state index in [4.69, 9.17) is 9.88 Å². The van der Waals surface area contributed by atoms with Crippen LogP contribution in [0, 0.1) is 11.3 Å². The van der Waals surface area contributed by atoms with Crippen molar-refractivity contribution in [1.29, 1.82) is 0 Å². The van der Waals surface area contributed by atoms with Gasteiger partial charge in [0.25, 0.3) is 0 Å². The molecule has 1 spiro atoms. The molecule has 2 N–H and O–H groups in total. The molecule has 2 rings (SSSR count). The highest BCUT2D eigenvalue weighted by Gasteiger charge is 2.55. The zero-order valence-corrected chi connectivity index (χ0v) is 12.5. The van der Waals surface area contributed by atoms with E-state index >= 15 is 0 Å². The molecule has 0 saturated carbocycles. The van der Waals surface area contributed by atoms with Crippen molar-refractivity contribution >= 4 is 10.0 Å². The molecule has 21 heavy (non-hydrogen) atoms. The normalized spacial score (nSPS) is 27.9. The van der Waals surface area contributed by atoms with Crippen molar-refractivity contribution in [2.24, 2.45) is 16.5 Å². The fraction of sp³-hybridized carbons (Fsp3) is 1.00. The highest BCUT2D eigenvalue weighted by molar-refractivity contribution is 7.89. The van der Waals surface area contributed by atoms with Crippen LogP contribution in [0.3, 0.4) is 0 Å². The zero-order valence-electron chi connectivity index (χ0n) is 11.7. The minimum atomic E-state index is -4.22. The van der Waals surface area contributed by atoms with Gasteiger partial charge in [-0.05, 0) is 31.2 Å². The summed E-state index contributed by atoms with van der Waals surface area (Å²) in [7, 11) is -3.60. The van der Waals surface area contributed by atoms with Crippen LogP contribution in [0.2, 0.25) is 0 Å². The van der Waals surface area contributed by atoms with Gasteiger partial charge in [0.15, 0.2) is 0 Å². The Labute approximate surface area is 122 Å². The predicted molar refractivity (Wildman–Crippen MR) is 71.1 cm³/mol. The molecule has 0 aromatic rings. The number of hydrogen-bond donors (Lipinski definition) is 1. The standard InChI is InChI=1S/C12H21F3N2O3S/c13-12(14,15)10-1-4-17(5-8-21(16,18)19)9-11(10)2-6-20-7-3-11/h10H,1-9H2,(H2,16,18,19). The number of primary sulfonamides is 1. The Hall–Kier alpha value is -0.380. The molecular weight excluding hydrogens is 309 g/mol. The minimum Gasteiger partial charge on any atom is -0.381 e. The Morgan fingerprint density at radius 1 is 1.29 bits per heavy atom. The van der Waals surface area contributed by atoms with Crippen molar-refractivity contribution in [2.75, 3.05) is 38.6 Å². The van der Waals surface area contributed by atoms with Gasteiger partial charge in [0.05, 0.1) is 11.7 Å². The summed E-state index contributed by atoms with van der Waals surface area (Å²) in [6.45, 7) is 1.36. The summed E-state index contributed by atoms with van der Waals surface area (Å²) in [4.78, 5) is 1.79. The molecule has 0 aromatic carbocycles. The number of sulfonamides is 1. The Kier molecular flexibility index (Phi) is 4.87. The quantitative estimate of drug-likeness (QED) is 0.836. The maximum atomic E-state index is 13.3. The smallest absolute Gasteiger partial charge is 0.381 e. The number of alkyl halides is 3. The molecule has 0 bridgehead atoms. The molecule has 2 saturated heterocycles. The molecular formula is C12H21F3N2O3S. The van der Waals surface area contributed by atoms with Crippen LogP contribution in [0.15, 0.2) is 0 Å². The minimum absolute atomic E-state index is 0.00805. The lowest BCUT2D eigenvalue weighted by Gasteiger charge is -2.50. The molecule has 1 unspecified atom stereocenters. The number of piperidine rings is 1. The van der Waals surface area contributed by atoms with Gasteiger partial charge in [0.1, 0.15) is 0 Å². The third kappa shape index (κ3) is 4.30. The molecule has 1 atom stereocenters. The van der Waals surface area contributed by atoms with E-state index in [1.165, 1.54) is 0 Å². The summed E-state index contributed by atoms with van der Waals surface area (Å²) in [6, 6.07) is 0. The zero-order chi connectivity index (χ0) is 15.7. The molecule has 5 nitrogen and oxygen atoms in total. The third-order valence-electron chi connectivity index (χ3n) is 4.59. The van der Waals surface area contributed by atoms with E-state index in [0.29, 0.717) is 26.1 Å². The number of nitrogens with two attached hydrogens (primary N) is 1. The van der Waals surface area contributed by atoms with Gasteiger partial charge in [-0.15, -0.1) is 0 Å². The number of halogens is 3. The predicted octanol–water partition coefficient (Wildman–Crippen LogP) is 0.956. The van der Waals surface area contributed by atoms with E-state index in [-0.39, 0.29) is 31.8 Å². The molecule has 0 amide bonds. The fourth-order valence-corrected chi connectivity index (χ4v) is 4.01. The average Bonchev–Trinajstić information content (AvgIpc) is 2.35. The van der Waals surface area contributed by atoms with Crippen LogP contribution in [0.4, 0.5) is 13.2 Å². The van der Waals surface area contributed by atoms with Gasteiger partial charge >= 0.3 is 6.18 Å². The second-order valence-electron chi connectivity index (χ2n) is 6.00. The summed E-state index contributed by atoms with van der Waals surface area (Å²) < 4.78 is 67.1. The van der Waals surface area contributed by atoms with E-state index in [2.05, 4.69) is 0 Å². The molecule has 2 fully saturated rings. The molecule has 2 heterocycles. The van der Waals surface area contributed by atoms with E-state index in [9.17, 15) is 21.6 Å². The lowest BCUT2D eigenvalue weighted by molar-refractivity contribution is -0.235. The summed E-state index contributed by atoms with van der Waals surface area (Å²) in [5.74, 6) is -1.56. The SMILES string of the molecule is NS(=O)(=O)CCN1CCC(C(F)(F)F)C2(CCOCC2)C1. The van der Waals surface area contributed by atoms with Gasteiger partial charge in [-0.3, -0.25) is 0 Å². The first-order valence-corrected chi connectivity index (χ1v) is 8.71. The molecule has 124 valence electrons. The van der Waals surface area contributed by atoms with Gasteiger partial charge in [-0.1, -0.05) is 0 Å². The molecule has 9 heteroatoms. The highest BCUT2D eigenvalue weighted by atomic mass is 32.2. The average molecular weight is 330 g/mol. The highest BCUT2D eigenvalue weighted by Crippen LogP contribution is 2.50. The molecule has 2 aliphatic rings. The Balaban J connectivity index is 2.10. The number of nitrogens with zero attached hydrogens (tertiary/aromatic N) is 1. The topological polar surface area (TPSA) is 72.6 Å². The molecule has 0 aliphatic carbocycles. The third-order valence-corrected chi connectivity index (χ3v) is 5.34. The molecule has 0 radical (unpaired) electrons. The Morgan fingerprint density at radius 2 is 1.90 bits per heavy atom. The number of hydrogen-bond acceptors (Lipinski definition) is 4. The maximum Gasteiger partial charge on any atom is 0.392 e. The van der Waals surface area contributed by atoms with Crippen molar-refractivity contribution in [3.05, 3.63) is 0 Å². The van der Waals surface area contributed by atoms with Gasteiger partial charge in [0, 0.05) is 26.3 Å². The van der Waals surface area contributed by atoms with Crippen molar-refractivity contribution in [3.8, 4) is 0 Å². The second-order valence-corrected chi connectivity index (χ2v) is 7.73. The number of ether oxygens (including phenoxy) is 1. The Morgan fingerprint density at radius 3 is 2.43 bits per heavy atom. The van der Waals surface area contributed by atoms with Crippen molar-refractivity contribution in [3.63, 3.8) is 0 Å². The summed E-state index contributed by atoms with van der Waals surface area (Å²) in [5.41, 5.74) is -0.854. The fourth-order valence-electron chi connectivity index (χ4n) is 3.49. The largest absolute Gasteiger partial charge is 0.392 e. The maximum absolute atomic E-state index is 13.3. The first-order valence-electron chi connectivity index (χ1n) is 7.00. The summed E-state index contributed by atoms with van der Waals surface area (Å²) in [5, 5.41) is 4.96. The molecule has 0 aromatic heterocycles. The lowest BCUT2D eigenvalue weighted by atomic mass is 9.66. The van der Waals surface area contributed by atoms with E-state index in [1.54, 1.807) is 4.90 Å². The monoisotopic (exact) mass is 330 g/mol. The Bertz CT molecular complexity index is 461. The van der Waals surface area contributed by atoms with Crippen molar-refractivity contribution in [1.82, 2.24) is 4.90 Å². The van der Waals surface area contributed by atoms with Crippen LogP contribution in [-0.2, 0) is 14.8 Å². The summed E-state index contributed by atoms with van der Waals surface area (Å²) in [6.07, 6.45) is -3.48. The first-order chi connectivity index (χ1) is 9.62. The van der Waals surface area contributed by atoms with Crippen LogP contribution < -0.4 is 5.14 Å². The van der Waals surface area contributed by atoms with Crippen molar-refractivity contribution < 1.29 is 26.3 Å². The molecule has 2 aliphatic heterocycles. The van der Waals surface area contributed by atoms with Crippen LogP contribution in [-0.4, -0.2) is 58.1 Å². The van der Waals surface area contributed by atoms with Gasteiger partial charge < -0.3 is 9.64 Å². The van der Waals surface area contributed by atoms with Crippen LogP contribution in [0.25, 0.3) is 0 Å². The van der Waals surface area contributed by atoms with Gasteiger partial charge in [-0.2, -0.15) is 13.2 Å². The van der Waals surface area contributed by atoms with Gasteiger partial charge in [-0.25, -0.2) is 13.6 Å². The number of rotatable bonds is 3. The summed E-state index contributed by atoms with van der Waals surface area (Å²) >= 11 is 0. The van der Waals surface area contributed by atoms with Crippen LogP contribution in [0.5, 0.6) is 0 Å². The van der Waals surface area contributed by atoms with E-state index < -0.39 is 27.5 Å². The first kappa shape index (κ1) is 17.0. The van der Waals surface area contributed by atoms with Crippen LogP contribution in [0.1, 0.15) is 19.3 Å². The van der Waals surface area contributed by atoms with Gasteiger partial charge in [0.2, 0.25) is 10.0 Å². The van der Waals surface area contributed by atoms with E-state index in [0.717, 1.165) is 0 Å². The van der Waals surface area contributed by atoms with E-state index in [1.807, 2.05) is 0 Å². The van der Waals surface area contributed by atoms with Crippen LogP contribution >= 0.6 is 0 Å². The second kappa shape index (κ2) is 6.02. The number of likely N-dealkylation sites (tertiary alicyclic amines) is 1. The lowest BCUT2D eigenvalue weighted by Crippen LogP contribution is -2.56.